The zero-order chi connectivity index (χ0) is 17.1. The molecule has 2 aliphatic heterocycles. The van der Waals surface area contributed by atoms with Crippen LogP contribution in [0.15, 0.2) is 4.52 Å². The zero-order valence-electron chi connectivity index (χ0n) is 14.8. The van der Waals surface area contributed by atoms with E-state index in [0.717, 1.165) is 19.5 Å². The van der Waals surface area contributed by atoms with Crippen LogP contribution in [0.4, 0.5) is 0 Å². The molecular formula is C16H27N5O3. The molecule has 0 saturated carbocycles. The number of nitrogens with zero attached hydrogens (tertiary/aromatic N) is 5. The van der Waals surface area contributed by atoms with Crippen LogP contribution < -0.4 is 0 Å². The van der Waals surface area contributed by atoms with Gasteiger partial charge < -0.3 is 14.2 Å². The lowest BCUT2D eigenvalue weighted by atomic mass is 10.2. The van der Waals surface area contributed by atoms with Gasteiger partial charge in [-0.05, 0) is 20.4 Å². The number of morpholine rings is 1. The van der Waals surface area contributed by atoms with Crippen molar-refractivity contribution in [2.45, 2.75) is 39.0 Å². The molecule has 3 heterocycles. The Hall–Kier alpha value is -1.51. The summed E-state index contributed by atoms with van der Waals surface area (Å²) in [7, 11) is 2.07. The summed E-state index contributed by atoms with van der Waals surface area (Å²) in [4.78, 5) is 23.1. The van der Waals surface area contributed by atoms with E-state index in [1.54, 1.807) is 6.92 Å². The number of hydrogen-bond acceptors (Lipinski definition) is 7. The molecule has 1 aromatic heterocycles. The Balaban J connectivity index is 1.45. The maximum absolute atomic E-state index is 12.5. The number of aromatic nitrogens is 2. The Bertz CT molecular complexity index is 564. The van der Waals surface area contributed by atoms with E-state index in [0.29, 0.717) is 50.5 Å². The fourth-order valence-electron chi connectivity index (χ4n) is 3.41. The lowest BCUT2D eigenvalue weighted by Crippen LogP contribution is -2.48. The van der Waals surface area contributed by atoms with Gasteiger partial charge in [-0.3, -0.25) is 14.6 Å². The summed E-state index contributed by atoms with van der Waals surface area (Å²) in [5, 5.41) is 3.95. The number of rotatable bonds is 5. The lowest BCUT2D eigenvalue weighted by Gasteiger charge is -2.32. The topological polar surface area (TPSA) is 74.9 Å². The molecule has 1 aromatic rings. The third-order valence-corrected chi connectivity index (χ3v) is 4.78. The van der Waals surface area contributed by atoms with Crippen LogP contribution in [0.1, 0.15) is 25.1 Å². The molecule has 2 atom stereocenters. The third kappa shape index (κ3) is 4.31. The highest BCUT2D eigenvalue weighted by atomic mass is 16.5. The highest BCUT2D eigenvalue weighted by molar-refractivity contribution is 5.78. The van der Waals surface area contributed by atoms with E-state index in [4.69, 9.17) is 9.26 Å². The van der Waals surface area contributed by atoms with Gasteiger partial charge in [0.15, 0.2) is 5.82 Å². The summed E-state index contributed by atoms with van der Waals surface area (Å²) >= 11 is 0. The molecule has 134 valence electrons. The van der Waals surface area contributed by atoms with Crippen LogP contribution in [0.2, 0.25) is 0 Å². The Morgan fingerprint density at radius 2 is 2.21 bits per heavy atom. The van der Waals surface area contributed by atoms with Crippen molar-refractivity contribution in [1.82, 2.24) is 24.8 Å². The molecule has 24 heavy (non-hydrogen) atoms. The number of ether oxygens (including phenoxy) is 1. The van der Waals surface area contributed by atoms with Gasteiger partial charge in [-0.1, -0.05) is 5.16 Å². The van der Waals surface area contributed by atoms with Crippen molar-refractivity contribution in [2.24, 2.45) is 0 Å². The molecule has 8 nitrogen and oxygen atoms in total. The first-order chi connectivity index (χ1) is 11.5. The van der Waals surface area contributed by atoms with Gasteiger partial charge in [0.05, 0.1) is 25.8 Å². The van der Waals surface area contributed by atoms with E-state index in [1.807, 2.05) is 11.8 Å². The van der Waals surface area contributed by atoms with Crippen LogP contribution in [0.25, 0.3) is 0 Å². The van der Waals surface area contributed by atoms with Crippen molar-refractivity contribution in [3.63, 3.8) is 0 Å². The maximum atomic E-state index is 12.5. The predicted molar refractivity (Wildman–Crippen MR) is 87.3 cm³/mol. The van der Waals surface area contributed by atoms with Crippen LogP contribution in [-0.2, 0) is 16.1 Å². The van der Waals surface area contributed by atoms with Crippen molar-refractivity contribution in [2.75, 3.05) is 46.4 Å². The highest BCUT2D eigenvalue weighted by Crippen LogP contribution is 2.16. The van der Waals surface area contributed by atoms with Crippen molar-refractivity contribution in [3.8, 4) is 0 Å². The summed E-state index contributed by atoms with van der Waals surface area (Å²) in [6.07, 6.45) is 1.19. The van der Waals surface area contributed by atoms with Gasteiger partial charge in [0.1, 0.15) is 0 Å². The Morgan fingerprint density at radius 1 is 1.38 bits per heavy atom. The number of carbonyl (C=O) groups is 1. The molecule has 0 N–H and O–H groups in total. The molecule has 3 rings (SSSR count). The monoisotopic (exact) mass is 337 g/mol. The Labute approximate surface area is 142 Å². The Morgan fingerprint density at radius 3 is 2.92 bits per heavy atom. The van der Waals surface area contributed by atoms with E-state index in [-0.39, 0.29) is 12.0 Å². The van der Waals surface area contributed by atoms with Gasteiger partial charge >= 0.3 is 0 Å². The number of hydrogen-bond donors (Lipinski definition) is 0. The molecule has 0 radical (unpaired) electrons. The van der Waals surface area contributed by atoms with Gasteiger partial charge in [0.2, 0.25) is 11.8 Å². The van der Waals surface area contributed by atoms with Crippen LogP contribution >= 0.6 is 0 Å². The Kier molecular flexibility index (Phi) is 5.47. The molecule has 2 aliphatic rings. The molecule has 0 unspecified atom stereocenters. The number of likely N-dealkylation sites (tertiary alicyclic amines) is 1. The minimum Gasteiger partial charge on any atom is -0.375 e. The van der Waals surface area contributed by atoms with Gasteiger partial charge in [-0.2, -0.15) is 4.98 Å². The summed E-state index contributed by atoms with van der Waals surface area (Å²) in [5.41, 5.74) is 0. The first-order valence-corrected chi connectivity index (χ1v) is 8.62. The number of likely N-dealkylation sites (N-methyl/N-ethyl adjacent to an activating group) is 1. The minimum absolute atomic E-state index is 0.138. The molecule has 0 bridgehead atoms. The maximum Gasteiger partial charge on any atom is 0.236 e. The van der Waals surface area contributed by atoms with E-state index in [9.17, 15) is 4.79 Å². The summed E-state index contributed by atoms with van der Waals surface area (Å²) < 4.78 is 10.5. The molecule has 0 spiro atoms. The molecule has 1 amide bonds. The summed E-state index contributed by atoms with van der Waals surface area (Å²) in [5.74, 6) is 1.52. The van der Waals surface area contributed by atoms with E-state index in [2.05, 4.69) is 27.0 Å². The largest absolute Gasteiger partial charge is 0.375 e. The summed E-state index contributed by atoms with van der Waals surface area (Å²) in [6, 6.07) is 0.417. The van der Waals surface area contributed by atoms with Crippen LogP contribution in [0.3, 0.4) is 0 Å². The second-order valence-corrected chi connectivity index (χ2v) is 6.84. The molecule has 2 fully saturated rings. The van der Waals surface area contributed by atoms with Gasteiger partial charge in [-0.15, -0.1) is 0 Å². The van der Waals surface area contributed by atoms with Crippen molar-refractivity contribution < 1.29 is 14.1 Å². The van der Waals surface area contributed by atoms with Crippen LogP contribution in [0.5, 0.6) is 0 Å². The molecule has 8 heteroatoms. The smallest absolute Gasteiger partial charge is 0.236 e. The third-order valence-electron chi connectivity index (χ3n) is 4.78. The van der Waals surface area contributed by atoms with Crippen molar-refractivity contribution >= 4 is 5.91 Å². The van der Waals surface area contributed by atoms with E-state index >= 15 is 0 Å². The molecule has 0 aromatic carbocycles. The normalized spacial score (nSPS) is 25.6. The number of carbonyl (C=O) groups excluding carboxylic acids is 1. The first kappa shape index (κ1) is 17.3. The predicted octanol–water partition coefficient (Wildman–Crippen LogP) is 0.131. The second-order valence-electron chi connectivity index (χ2n) is 6.84. The van der Waals surface area contributed by atoms with E-state index < -0.39 is 0 Å². The zero-order valence-corrected chi connectivity index (χ0v) is 14.8. The van der Waals surface area contributed by atoms with Crippen molar-refractivity contribution in [1.29, 1.82) is 0 Å². The number of aryl methyl sites for hydroxylation is 1. The van der Waals surface area contributed by atoms with Gasteiger partial charge in [0, 0.05) is 39.1 Å². The second kappa shape index (κ2) is 7.58. The molecular weight excluding hydrogens is 310 g/mol. The van der Waals surface area contributed by atoms with Crippen LogP contribution in [0, 0.1) is 6.92 Å². The van der Waals surface area contributed by atoms with Crippen molar-refractivity contribution in [3.05, 3.63) is 11.7 Å². The van der Waals surface area contributed by atoms with Gasteiger partial charge in [0.25, 0.3) is 0 Å². The minimum atomic E-state index is 0.138. The SMILES string of the molecule is Cc1nc(CN(C)[C@@H]2CCN(CC(=O)N3CCO[C@H](C)C3)C2)no1. The lowest BCUT2D eigenvalue weighted by molar-refractivity contribution is -0.139. The van der Waals surface area contributed by atoms with Crippen LogP contribution in [-0.4, -0.2) is 89.3 Å². The fraction of sp³-hybridized carbons (Fsp3) is 0.812. The summed E-state index contributed by atoms with van der Waals surface area (Å²) in [6.45, 7) is 8.88. The first-order valence-electron chi connectivity index (χ1n) is 8.62. The highest BCUT2D eigenvalue weighted by Gasteiger charge is 2.29. The molecule has 2 saturated heterocycles. The fourth-order valence-corrected chi connectivity index (χ4v) is 3.41. The molecule has 0 aliphatic carbocycles. The van der Waals surface area contributed by atoms with Gasteiger partial charge in [-0.25, -0.2) is 0 Å². The average molecular weight is 337 g/mol. The van der Waals surface area contributed by atoms with E-state index in [1.165, 1.54) is 0 Å². The number of amides is 1. The standard InChI is InChI=1S/C16H27N5O3/c1-12-8-21(6-7-23-12)16(22)11-20-5-4-14(9-20)19(3)10-15-17-13(2)24-18-15/h12,14H,4-11H2,1-3H3/t12-,14-/m1/s1. The average Bonchev–Trinajstić information content (AvgIpc) is 3.16. The quantitative estimate of drug-likeness (QED) is 0.756.